The van der Waals surface area contributed by atoms with Crippen molar-refractivity contribution >= 4 is 34.1 Å². The Labute approximate surface area is 169 Å². The van der Waals surface area contributed by atoms with Crippen molar-refractivity contribution in [1.82, 2.24) is 4.98 Å². The van der Waals surface area contributed by atoms with E-state index in [0.29, 0.717) is 28.6 Å². The van der Waals surface area contributed by atoms with Gasteiger partial charge in [-0.25, -0.2) is 0 Å². The minimum Gasteiger partial charge on any atom is -0.495 e. The zero-order chi connectivity index (χ0) is 20.5. The second-order valence-corrected chi connectivity index (χ2v) is 7.74. The first-order valence-electron chi connectivity index (χ1n) is 9.85. The van der Waals surface area contributed by atoms with Crippen LogP contribution in [0.4, 0.5) is 11.4 Å². The van der Waals surface area contributed by atoms with Crippen molar-refractivity contribution in [3.8, 4) is 5.75 Å². The number of benzene rings is 2. The van der Waals surface area contributed by atoms with E-state index in [9.17, 15) is 9.59 Å². The second kappa shape index (κ2) is 7.62. The number of aromatic nitrogens is 1. The fraction of sp³-hybridized carbons (Fsp3) is 0.304. The summed E-state index contributed by atoms with van der Waals surface area (Å²) in [4.78, 5) is 27.8. The molecule has 0 bridgehead atoms. The summed E-state index contributed by atoms with van der Waals surface area (Å²) in [5, 5.41) is 6.75. The predicted molar refractivity (Wildman–Crippen MR) is 115 cm³/mol. The van der Waals surface area contributed by atoms with E-state index in [1.807, 2.05) is 18.2 Å². The number of hydrogen-bond acceptors (Lipinski definition) is 3. The van der Waals surface area contributed by atoms with Gasteiger partial charge in [-0.2, -0.15) is 0 Å². The van der Waals surface area contributed by atoms with Gasteiger partial charge in [-0.15, -0.1) is 0 Å². The summed E-state index contributed by atoms with van der Waals surface area (Å²) < 4.78 is 5.35. The Kier molecular flexibility index (Phi) is 5.01. The Morgan fingerprint density at radius 2 is 1.97 bits per heavy atom. The molecule has 1 aromatic heterocycles. The number of nitrogens with one attached hydrogen (secondary N) is 3. The van der Waals surface area contributed by atoms with Crippen molar-refractivity contribution in [3.63, 3.8) is 0 Å². The highest BCUT2D eigenvalue weighted by Crippen LogP contribution is 2.33. The third-order valence-corrected chi connectivity index (χ3v) is 5.46. The van der Waals surface area contributed by atoms with E-state index in [1.54, 1.807) is 25.3 Å². The van der Waals surface area contributed by atoms with Gasteiger partial charge in [0.15, 0.2) is 0 Å². The van der Waals surface area contributed by atoms with Crippen molar-refractivity contribution in [2.75, 3.05) is 17.7 Å². The molecule has 1 aliphatic rings. The van der Waals surface area contributed by atoms with Gasteiger partial charge in [-0.3, -0.25) is 9.59 Å². The number of fused-ring (bicyclic) bond motifs is 3. The fourth-order valence-corrected chi connectivity index (χ4v) is 4.01. The van der Waals surface area contributed by atoms with E-state index >= 15 is 0 Å². The number of amides is 2. The molecule has 3 N–H and O–H groups in total. The molecular weight excluding hydrogens is 366 g/mol. The fourth-order valence-electron chi connectivity index (χ4n) is 4.01. The summed E-state index contributed by atoms with van der Waals surface area (Å²) in [5.74, 6) is 0.787. The van der Waals surface area contributed by atoms with Gasteiger partial charge in [-0.1, -0.05) is 6.92 Å². The van der Waals surface area contributed by atoms with Crippen molar-refractivity contribution < 1.29 is 14.3 Å². The van der Waals surface area contributed by atoms with Gasteiger partial charge in [0.2, 0.25) is 5.91 Å². The lowest BCUT2D eigenvalue weighted by atomic mass is 9.87. The smallest absolute Gasteiger partial charge is 0.255 e. The first kappa shape index (κ1) is 19.1. The van der Waals surface area contributed by atoms with E-state index in [4.69, 9.17) is 4.74 Å². The van der Waals surface area contributed by atoms with Crippen LogP contribution in [0, 0.1) is 5.92 Å². The number of methoxy groups -OCH3 is 1. The number of hydrogen-bond donors (Lipinski definition) is 3. The third-order valence-electron chi connectivity index (χ3n) is 5.46. The van der Waals surface area contributed by atoms with Crippen molar-refractivity contribution in [1.29, 1.82) is 0 Å². The van der Waals surface area contributed by atoms with E-state index in [2.05, 4.69) is 22.5 Å². The molecule has 0 saturated carbocycles. The van der Waals surface area contributed by atoms with Crippen LogP contribution in [0.3, 0.4) is 0 Å². The maximum atomic E-state index is 12.9. The van der Waals surface area contributed by atoms with Crippen LogP contribution in [0.2, 0.25) is 0 Å². The largest absolute Gasteiger partial charge is 0.495 e. The van der Waals surface area contributed by atoms with Gasteiger partial charge in [-0.05, 0) is 67.1 Å². The lowest BCUT2D eigenvalue weighted by molar-refractivity contribution is -0.114. The first-order valence-corrected chi connectivity index (χ1v) is 9.85. The van der Waals surface area contributed by atoms with Crippen LogP contribution in [-0.2, 0) is 17.6 Å². The molecule has 6 nitrogen and oxygen atoms in total. The second-order valence-electron chi connectivity index (χ2n) is 7.74. The Hall–Kier alpha value is -3.28. The maximum Gasteiger partial charge on any atom is 0.255 e. The lowest BCUT2D eigenvalue weighted by Gasteiger charge is -2.18. The van der Waals surface area contributed by atoms with E-state index in [-0.39, 0.29) is 11.8 Å². The molecule has 150 valence electrons. The van der Waals surface area contributed by atoms with Gasteiger partial charge < -0.3 is 20.4 Å². The standard InChI is InChI=1S/C23H25N3O3/c1-13-4-7-19-17(10-13)18-11-15(5-8-20(18)25-19)23(28)26-21-12-16(24-14(2)27)6-9-22(21)29-3/h5-6,8-9,11-13,25H,4,7,10H2,1-3H3,(H,24,27)(H,26,28)/t13-/m1/s1. The highest BCUT2D eigenvalue weighted by atomic mass is 16.5. The van der Waals surface area contributed by atoms with Crippen LogP contribution in [-0.4, -0.2) is 23.9 Å². The molecule has 1 heterocycles. The van der Waals surface area contributed by atoms with Gasteiger partial charge in [0.25, 0.3) is 5.91 Å². The first-order chi connectivity index (χ1) is 13.9. The topological polar surface area (TPSA) is 83.2 Å². The minimum absolute atomic E-state index is 0.177. The zero-order valence-electron chi connectivity index (χ0n) is 16.9. The van der Waals surface area contributed by atoms with Gasteiger partial charge in [0.05, 0.1) is 12.8 Å². The molecule has 0 fully saturated rings. The summed E-state index contributed by atoms with van der Waals surface area (Å²) in [5.41, 5.74) is 5.39. The van der Waals surface area contributed by atoms with Crippen LogP contribution >= 0.6 is 0 Å². The van der Waals surface area contributed by atoms with Crippen molar-refractivity contribution in [2.45, 2.75) is 33.1 Å². The molecule has 0 unspecified atom stereocenters. The van der Waals surface area contributed by atoms with Crippen LogP contribution < -0.4 is 15.4 Å². The summed E-state index contributed by atoms with van der Waals surface area (Å²) in [6.07, 6.45) is 3.28. The number of ether oxygens (including phenoxy) is 1. The number of anilines is 2. The molecule has 2 amide bonds. The van der Waals surface area contributed by atoms with E-state index < -0.39 is 0 Å². The van der Waals surface area contributed by atoms with Crippen LogP contribution in [0.25, 0.3) is 10.9 Å². The average molecular weight is 391 g/mol. The quantitative estimate of drug-likeness (QED) is 0.612. The third kappa shape index (κ3) is 3.83. The molecule has 1 atom stereocenters. The molecule has 0 radical (unpaired) electrons. The zero-order valence-corrected chi connectivity index (χ0v) is 16.9. The maximum absolute atomic E-state index is 12.9. The molecule has 2 aromatic carbocycles. The Morgan fingerprint density at radius 3 is 2.72 bits per heavy atom. The summed E-state index contributed by atoms with van der Waals surface area (Å²) in [7, 11) is 1.54. The average Bonchev–Trinajstić information content (AvgIpc) is 3.05. The molecule has 3 aromatic rings. The normalized spacial score (nSPS) is 15.6. The summed E-state index contributed by atoms with van der Waals surface area (Å²) in [6.45, 7) is 3.71. The highest BCUT2D eigenvalue weighted by molar-refractivity contribution is 6.07. The molecule has 29 heavy (non-hydrogen) atoms. The van der Waals surface area contributed by atoms with Gasteiger partial charge >= 0.3 is 0 Å². The lowest BCUT2D eigenvalue weighted by Crippen LogP contribution is -2.14. The molecular formula is C23H25N3O3. The number of aryl methyl sites for hydroxylation is 1. The van der Waals surface area contributed by atoms with Crippen LogP contribution in [0.15, 0.2) is 36.4 Å². The highest BCUT2D eigenvalue weighted by Gasteiger charge is 2.21. The Balaban J connectivity index is 1.64. The SMILES string of the molecule is COc1ccc(NC(C)=O)cc1NC(=O)c1ccc2[nH]c3c(c2c1)C[C@H](C)CC3. The van der Waals surface area contributed by atoms with Crippen LogP contribution in [0.1, 0.15) is 41.9 Å². The monoisotopic (exact) mass is 391 g/mol. The predicted octanol–water partition coefficient (Wildman–Crippen LogP) is 4.51. The van der Waals surface area contributed by atoms with Gasteiger partial charge in [0.1, 0.15) is 5.75 Å². The molecule has 0 aliphatic heterocycles. The number of carbonyl (C=O) groups is 2. The number of H-pyrrole nitrogens is 1. The molecule has 1 aliphatic carbocycles. The Bertz CT molecular complexity index is 1100. The Morgan fingerprint density at radius 1 is 1.14 bits per heavy atom. The number of aromatic amines is 1. The minimum atomic E-state index is -0.219. The van der Waals surface area contributed by atoms with E-state index in [1.165, 1.54) is 24.6 Å². The molecule has 4 rings (SSSR count). The van der Waals surface area contributed by atoms with E-state index in [0.717, 1.165) is 23.7 Å². The summed E-state index contributed by atoms with van der Waals surface area (Å²) >= 11 is 0. The van der Waals surface area contributed by atoms with Crippen molar-refractivity contribution in [2.24, 2.45) is 5.92 Å². The molecule has 0 saturated heterocycles. The van der Waals surface area contributed by atoms with Gasteiger partial charge in [0, 0.05) is 34.8 Å². The van der Waals surface area contributed by atoms with Crippen molar-refractivity contribution in [3.05, 3.63) is 53.2 Å². The number of carbonyl (C=O) groups excluding carboxylic acids is 2. The molecule has 6 heteroatoms. The molecule has 0 spiro atoms. The summed E-state index contributed by atoms with van der Waals surface area (Å²) in [6, 6.07) is 10.9. The van der Waals surface area contributed by atoms with Crippen LogP contribution in [0.5, 0.6) is 5.75 Å². The number of rotatable bonds is 4.